The SMILES string of the molecule is COC(=O)CC1(Cc2cc(Cl)ccc2[N+](=O)[O-])OCCCO1. The second kappa shape index (κ2) is 7.04. The Bertz CT molecular complexity index is 570. The van der Waals surface area contributed by atoms with Crippen molar-refractivity contribution < 1.29 is 23.9 Å². The first-order chi connectivity index (χ1) is 10.5. The molecule has 0 aliphatic carbocycles. The maximum Gasteiger partial charge on any atom is 0.311 e. The molecule has 120 valence electrons. The van der Waals surface area contributed by atoms with E-state index in [-0.39, 0.29) is 18.5 Å². The van der Waals surface area contributed by atoms with Gasteiger partial charge in [0, 0.05) is 23.1 Å². The lowest BCUT2D eigenvalue weighted by molar-refractivity contribution is -0.386. The number of methoxy groups -OCH3 is 1. The Morgan fingerprint density at radius 1 is 1.45 bits per heavy atom. The predicted molar refractivity (Wildman–Crippen MR) is 77.7 cm³/mol. The molecule has 2 rings (SSSR count). The highest BCUT2D eigenvalue weighted by Gasteiger charge is 2.39. The Labute approximate surface area is 132 Å². The van der Waals surface area contributed by atoms with Gasteiger partial charge in [0.2, 0.25) is 0 Å². The van der Waals surface area contributed by atoms with E-state index in [0.717, 1.165) is 0 Å². The van der Waals surface area contributed by atoms with E-state index >= 15 is 0 Å². The topological polar surface area (TPSA) is 87.9 Å². The molecular weight excluding hydrogens is 314 g/mol. The molecule has 1 aromatic rings. The van der Waals surface area contributed by atoms with Crippen molar-refractivity contribution in [2.45, 2.75) is 25.0 Å². The normalized spacial score (nSPS) is 17.0. The van der Waals surface area contributed by atoms with Crippen LogP contribution in [0.5, 0.6) is 0 Å². The Balaban J connectivity index is 2.32. The average molecular weight is 330 g/mol. The van der Waals surface area contributed by atoms with Crippen LogP contribution in [0.2, 0.25) is 5.02 Å². The molecular formula is C14H16ClNO6. The van der Waals surface area contributed by atoms with Crippen molar-refractivity contribution in [2.24, 2.45) is 0 Å². The van der Waals surface area contributed by atoms with Crippen LogP contribution >= 0.6 is 11.6 Å². The molecule has 0 unspecified atom stereocenters. The van der Waals surface area contributed by atoms with Crippen molar-refractivity contribution in [3.05, 3.63) is 38.9 Å². The van der Waals surface area contributed by atoms with Crippen molar-refractivity contribution in [1.29, 1.82) is 0 Å². The fourth-order valence-electron chi connectivity index (χ4n) is 2.34. The summed E-state index contributed by atoms with van der Waals surface area (Å²) in [6.07, 6.45) is 0.590. The lowest BCUT2D eigenvalue weighted by Gasteiger charge is -2.36. The first kappa shape index (κ1) is 16.7. The van der Waals surface area contributed by atoms with E-state index in [1.165, 1.54) is 25.3 Å². The second-order valence-corrected chi connectivity index (χ2v) is 5.36. The van der Waals surface area contributed by atoms with Gasteiger partial charge in [-0.2, -0.15) is 0 Å². The molecule has 7 nitrogen and oxygen atoms in total. The maximum absolute atomic E-state index is 11.6. The molecule has 0 amide bonds. The zero-order valence-electron chi connectivity index (χ0n) is 12.0. The number of nitro groups is 1. The van der Waals surface area contributed by atoms with Gasteiger partial charge in [-0.1, -0.05) is 11.6 Å². The number of benzene rings is 1. The van der Waals surface area contributed by atoms with E-state index < -0.39 is 16.7 Å². The molecule has 1 saturated heterocycles. The number of hydrogen-bond acceptors (Lipinski definition) is 6. The number of esters is 1. The van der Waals surface area contributed by atoms with E-state index in [4.69, 9.17) is 21.1 Å². The Kier molecular flexibility index (Phi) is 5.33. The number of carbonyl (C=O) groups excluding carboxylic acids is 1. The number of carbonyl (C=O) groups is 1. The number of rotatable bonds is 5. The summed E-state index contributed by atoms with van der Waals surface area (Å²) in [5.74, 6) is -1.77. The van der Waals surface area contributed by atoms with Crippen LogP contribution in [-0.2, 0) is 25.4 Å². The third-order valence-electron chi connectivity index (χ3n) is 3.36. The van der Waals surface area contributed by atoms with Gasteiger partial charge in [-0.3, -0.25) is 14.9 Å². The molecule has 0 saturated carbocycles. The van der Waals surface area contributed by atoms with Gasteiger partial charge >= 0.3 is 5.97 Å². The largest absolute Gasteiger partial charge is 0.469 e. The van der Waals surface area contributed by atoms with Gasteiger partial charge in [-0.25, -0.2) is 0 Å². The molecule has 1 fully saturated rings. The lowest BCUT2D eigenvalue weighted by atomic mass is 9.99. The molecule has 1 aliphatic rings. The summed E-state index contributed by atoms with van der Waals surface area (Å²) >= 11 is 5.92. The van der Waals surface area contributed by atoms with Gasteiger partial charge < -0.3 is 14.2 Å². The highest BCUT2D eigenvalue weighted by Crippen LogP contribution is 2.32. The first-order valence-corrected chi connectivity index (χ1v) is 7.11. The van der Waals surface area contributed by atoms with Crippen molar-refractivity contribution in [1.82, 2.24) is 0 Å². The van der Waals surface area contributed by atoms with Crippen LogP contribution in [0.4, 0.5) is 5.69 Å². The zero-order chi connectivity index (χ0) is 16.2. The first-order valence-electron chi connectivity index (χ1n) is 6.73. The number of halogens is 1. The van der Waals surface area contributed by atoms with E-state index in [1.54, 1.807) is 0 Å². The predicted octanol–water partition coefficient (Wildman–Crippen LogP) is 2.49. The quantitative estimate of drug-likeness (QED) is 0.468. The van der Waals surface area contributed by atoms with Gasteiger partial charge in [-0.15, -0.1) is 0 Å². The third-order valence-corrected chi connectivity index (χ3v) is 3.59. The van der Waals surface area contributed by atoms with E-state index in [9.17, 15) is 14.9 Å². The molecule has 1 aliphatic heterocycles. The van der Waals surface area contributed by atoms with Crippen LogP contribution in [-0.4, -0.2) is 37.0 Å². The molecule has 1 aromatic carbocycles. The molecule has 8 heteroatoms. The highest BCUT2D eigenvalue weighted by molar-refractivity contribution is 6.30. The van der Waals surface area contributed by atoms with Crippen LogP contribution in [0.25, 0.3) is 0 Å². The van der Waals surface area contributed by atoms with Crippen LogP contribution in [0.15, 0.2) is 18.2 Å². The number of nitro benzene ring substituents is 1. The summed E-state index contributed by atoms with van der Waals surface area (Å²) in [4.78, 5) is 22.3. The second-order valence-electron chi connectivity index (χ2n) is 4.92. The molecule has 0 aromatic heterocycles. The van der Waals surface area contributed by atoms with Crippen LogP contribution < -0.4 is 0 Å². The summed E-state index contributed by atoms with van der Waals surface area (Å²) in [6, 6.07) is 4.26. The van der Waals surface area contributed by atoms with Crippen LogP contribution in [0.3, 0.4) is 0 Å². The van der Waals surface area contributed by atoms with E-state index in [0.29, 0.717) is 30.2 Å². The lowest BCUT2D eigenvalue weighted by Crippen LogP contribution is -2.44. The van der Waals surface area contributed by atoms with Crippen molar-refractivity contribution >= 4 is 23.3 Å². The van der Waals surface area contributed by atoms with E-state index in [1.807, 2.05) is 0 Å². The molecule has 0 spiro atoms. The van der Waals surface area contributed by atoms with Gasteiger partial charge in [0.1, 0.15) is 0 Å². The summed E-state index contributed by atoms with van der Waals surface area (Å²) in [7, 11) is 1.26. The zero-order valence-corrected chi connectivity index (χ0v) is 12.8. The number of hydrogen-bond donors (Lipinski definition) is 0. The van der Waals surface area contributed by atoms with Crippen molar-refractivity contribution in [3.8, 4) is 0 Å². The minimum absolute atomic E-state index is 0.0406. The molecule has 0 bridgehead atoms. The van der Waals surface area contributed by atoms with Gasteiger partial charge in [0.15, 0.2) is 5.79 Å². The fraction of sp³-hybridized carbons (Fsp3) is 0.500. The number of ether oxygens (including phenoxy) is 3. The van der Waals surface area contributed by atoms with Gasteiger partial charge in [0.25, 0.3) is 5.69 Å². The monoisotopic (exact) mass is 329 g/mol. The third kappa shape index (κ3) is 3.94. The standard InChI is InChI=1S/C14H16ClNO6/c1-20-13(17)9-14(21-5-2-6-22-14)8-10-7-11(15)3-4-12(10)16(18)19/h3-4,7H,2,5-6,8-9H2,1H3. The van der Waals surface area contributed by atoms with Gasteiger partial charge in [-0.05, 0) is 18.6 Å². The number of nitrogens with zero attached hydrogens (tertiary/aromatic N) is 1. The summed E-state index contributed by atoms with van der Waals surface area (Å²) < 4.78 is 15.9. The van der Waals surface area contributed by atoms with Crippen LogP contribution in [0, 0.1) is 10.1 Å². The maximum atomic E-state index is 11.6. The Hall–Kier alpha value is -1.70. The van der Waals surface area contributed by atoms with Gasteiger partial charge in [0.05, 0.1) is 31.7 Å². The fourth-order valence-corrected chi connectivity index (χ4v) is 2.53. The molecule has 0 N–H and O–H groups in total. The van der Waals surface area contributed by atoms with Crippen molar-refractivity contribution in [2.75, 3.05) is 20.3 Å². The summed E-state index contributed by atoms with van der Waals surface area (Å²) in [5.41, 5.74) is 0.259. The Morgan fingerprint density at radius 2 is 2.14 bits per heavy atom. The molecule has 1 heterocycles. The minimum atomic E-state index is -1.26. The average Bonchev–Trinajstić information content (AvgIpc) is 2.47. The minimum Gasteiger partial charge on any atom is -0.469 e. The highest BCUT2D eigenvalue weighted by atomic mass is 35.5. The van der Waals surface area contributed by atoms with E-state index in [2.05, 4.69) is 4.74 Å². The van der Waals surface area contributed by atoms with Crippen LogP contribution in [0.1, 0.15) is 18.4 Å². The smallest absolute Gasteiger partial charge is 0.311 e. The van der Waals surface area contributed by atoms with Crippen molar-refractivity contribution in [3.63, 3.8) is 0 Å². The summed E-state index contributed by atoms with van der Waals surface area (Å²) in [6.45, 7) is 0.816. The molecule has 0 atom stereocenters. The molecule has 22 heavy (non-hydrogen) atoms. The molecule has 0 radical (unpaired) electrons. The summed E-state index contributed by atoms with van der Waals surface area (Å²) in [5, 5.41) is 11.5. The Morgan fingerprint density at radius 3 is 2.73 bits per heavy atom.